The number of hydrogen-bond donors (Lipinski definition) is 1. The second-order valence-electron chi connectivity index (χ2n) is 6.29. The number of piperidine rings is 1. The van der Waals surface area contributed by atoms with E-state index in [1.807, 2.05) is 0 Å². The van der Waals surface area contributed by atoms with E-state index in [4.69, 9.17) is 9.84 Å². The lowest BCUT2D eigenvalue weighted by Gasteiger charge is -2.33. The van der Waals surface area contributed by atoms with E-state index >= 15 is 0 Å². The fourth-order valence-corrected chi connectivity index (χ4v) is 4.16. The molecule has 0 aromatic rings. The summed E-state index contributed by atoms with van der Waals surface area (Å²) < 4.78 is 30.7. The molecule has 1 heterocycles. The summed E-state index contributed by atoms with van der Waals surface area (Å²) >= 11 is 0. The van der Waals surface area contributed by atoms with Crippen molar-refractivity contribution < 1.29 is 18.3 Å². The van der Waals surface area contributed by atoms with Crippen LogP contribution in [0.1, 0.15) is 38.5 Å². The van der Waals surface area contributed by atoms with Crippen LogP contribution in [0.25, 0.3) is 0 Å². The standard InChI is InChI=1S/C14H27NO4S/c1-20(17,18)15-8-2-3-13(9-15)11-19-14-6-4-12(10-16)5-7-14/h12-14,16H,2-11H2,1H3. The molecule has 2 fully saturated rings. The van der Waals surface area contributed by atoms with Gasteiger partial charge in [-0.3, -0.25) is 0 Å². The molecule has 1 N–H and O–H groups in total. The first-order chi connectivity index (χ1) is 9.49. The van der Waals surface area contributed by atoms with E-state index in [0.717, 1.165) is 38.5 Å². The van der Waals surface area contributed by atoms with Gasteiger partial charge in [-0.2, -0.15) is 0 Å². The molecule has 0 bridgehead atoms. The van der Waals surface area contributed by atoms with Crippen molar-refractivity contribution in [3.8, 4) is 0 Å². The number of ether oxygens (including phenoxy) is 1. The van der Waals surface area contributed by atoms with Gasteiger partial charge in [0, 0.05) is 19.7 Å². The van der Waals surface area contributed by atoms with Crippen LogP contribution < -0.4 is 0 Å². The smallest absolute Gasteiger partial charge is 0.211 e. The predicted octanol–water partition coefficient (Wildman–Crippen LogP) is 1.23. The highest BCUT2D eigenvalue weighted by atomic mass is 32.2. The van der Waals surface area contributed by atoms with Crippen LogP contribution in [0.5, 0.6) is 0 Å². The van der Waals surface area contributed by atoms with Gasteiger partial charge >= 0.3 is 0 Å². The molecule has 1 saturated heterocycles. The molecular weight excluding hydrogens is 278 g/mol. The molecule has 2 aliphatic rings. The van der Waals surface area contributed by atoms with Crippen LogP contribution in [0.4, 0.5) is 0 Å². The molecule has 1 aliphatic carbocycles. The highest BCUT2D eigenvalue weighted by Crippen LogP contribution is 2.27. The average molecular weight is 305 g/mol. The molecule has 6 heteroatoms. The Hall–Kier alpha value is -0.170. The fourth-order valence-electron chi connectivity index (χ4n) is 3.22. The van der Waals surface area contributed by atoms with E-state index in [-0.39, 0.29) is 0 Å². The Morgan fingerprint density at radius 2 is 1.85 bits per heavy atom. The van der Waals surface area contributed by atoms with Crippen LogP contribution >= 0.6 is 0 Å². The highest BCUT2D eigenvalue weighted by Gasteiger charge is 2.27. The van der Waals surface area contributed by atoms with Crippen molar-refractivity contribution in [1.82, 2.24) is 4.31 Å². The van der Waals surface area contributed by atoms with Gasteiger partial charge in [0.2, 0.25) is 10.0 Å². The lowest BCUT2D eigenvalue weighted by molar-refractivity contribution is -0.0134. The van der Waals surface area contributed by atoms with Crippen molar-refractivity contribution in [2.24, 2.45) is 11.8 Å². The summed E-state index contributed by atoms with van der Waals surface area (Å²) in [5.74, 6) is 0.777. The molecule has 0 aromatic heterocycles. The topological polar surface area (TPSA) is 66.8 Å². The van der Waals surface area contributed by atoms with Crippen LogP contribution in [0.3, 0.4) is 0 Å². The number of aliphatic hydroxyl groups excluding tert-OH is 1. The van der Waals surface area contributed by atoms with Gasteiger partial charge in [-0.1, -0.05) is 0 Å². The molecule has 1 aliphatic heterocycles. The Bertz CT molecular complexity index is 390. The zero-order valence-electron chi connectivity index (χ0n) is 12.3. The number of aliphatic hydroxyl groups is 1. The first-order valence-corrected chi connectivity index (χ1v) is 9.51. The van der Waals surface area contributed by atoms with Crippen molar-refractivity contribution in [1.29, 1.82) is 0 Å². The monoisotopic (exact) mass is 305 g/mol. The second-order valence-corrected chi connectivity index (χ2v) is 8.27. The van der Waals surface area contributed by atoms with Gasteiger partial charge in [0.05, 0.1) is 19.0 Å². The third-order valence-electron chi connectivity index (χ3n) is 4.57. The molecule has 1 unspecified atom stereocenters. The van der Waals surface area contributed by atoms with E-state index < -0.39 is 10.0 Å². The maximum absolute atomic E-state index is 11.6. The molecular formula is C14H27NO4S. The number of hydrogen-bond acceptors (Lipinski definition) is 4. The van der Waals surface area contributed by atoms with Crippen LogP contribution in [-0.4, -0.2) is 56.5 Å². The third-order valence-corrected chi connectivity index (χ3v) is 5.84. The molecule has 0 aromatic carbocycles. The van der Waals surface area contributed by atoms with Crippen molar-refractivity contribution in [2.45, 2.75) is 44.6 Å². The van der Waals surface area contributed by atoms with Gasteiger partial charge in [0.1, 0.15) is 0 Å². The molecule has 0 radical (unpaired) electrons. The highest BCUT2D eigenvalue weighted by molar-refractivity contribution is 7.88. The zero-order valence-corrected chi connectivity index (χ0v) is 13.1. The predicted molar refractivity (Wildman–Crippen MR) is 77.9 cm³/mol. The van der Waals surface area contributed by atoms with Gasteiger partial charge in [-0.05, 0) is 50.4 Å². The number of nitrogens with zero attached hydrogens (tertiary/aromatic N) is 1. The van der Waals surface area contributed by atoms with E-state index in [1.165, 1.54) is 6.26 Å². The van der Waals surface area contributed by atoms with Gasteiger partial charge in [-0.15, -0.1) is 0 Å². The summed E-state index contributed by atoms with van der Waals surface area (Å²) in [6, 6.07) is 0. The van der Waals surface area contributed by atoms with Crippen molar-refractivity contribution in [3.05, 3.63) is 0 Å². The van der Waals surface area contributed by atoms with Gasteiger partial charge in [0.25, 0.3) is 0 Å². The minimum absolute atomic E-state index is 0.290. The maximum atomic E-state index is 11.6. The molecule has 118 valence electrons. The Morgan fingerprint density at radius 1 is 1.15 bits per heavy atom. The van der Waals surface area contributed by atoms with Crippen LogP contribution in [0, 0.1) is 11.8 Å². The molecule has 1 atom stereocenters. The van der Waals surface area contributed by atoms with Gasteiger partial charge in [-0.25, -0.2) is 12.7 Å². The Morgan fingerprint density at radius 3 is 2.45 bits per heavy atom. The minimum atomic E-state index is -3.06. The van der Waals surface area contributed by atoms with Crippen LogP contribution in [-0.2, 0) is 14.8 Å². The SMILES string of the molecule is CS(=O)(=O)N1CCCC(COC2CCC(CO)CC2)C1. The van der Waals surface area contributed by atoms with Gasteiger partial charge < -0.3 is 9.84 Å². The van der Waals surface area contributed by atoms with E-state index in [1.54, 1.807) is 4.31 Å². The summed E-state index contributed by atoms with van der Waals surface area (Å²) in [6.45, 7) is 2.21. The van der Waals surface area contributed by atoms with Crippen molar-refractivity contribution in [3.63, 3.8) is 0 Å². The maximum Gasteiger partial charge on any atom is 0.211 e. The molecule has 1 saturated carbocycles. The summed E-state index contributed by atoms with van der Waals surface area (Å²) in [5.41, 5.74) is 0. The molecule has 5 nitrogen and oxygen atoms in total. The fraction of sp³-hybridized carbons (Fsp3) is 1.00. The molecule has 20 heavy (non-hydrogen) atoms. The van der Waals surface area contributed by atoms with Crippen molar-refractivity contribution in [2.75, 3.05) is 32.6 Å². The third kappa shape index (κ3) is 4.69. The van der Waals surface area contributed by atoms with E-state index in [9.17, 15) is 8.42 Å². The summed E-state index contributed by atoms with van der Waals surface area (Å²) in [7, 11) is -3.06. The first-order valence-electron chi connectivity index (χ1n) is 7.66. The number of sulfonamides is 1. The van der Waals surface area contributed by atoms with E-state index in [2.05, 4.69) is 0 Å². The molecule has 0 spiro atoms. The summed E-state index contributed by atoms with van der Waals surface area (Å²) in [6.07, 6.45) is 7.69. The Balaban J connectivity index is 1.72. The normalized spacial score (nSPS) is 33.2. The quantitative estimate of drug-likeness (QED) is 0.829. The van der Waals surface area contributed by atoms with Crippen LogP contribution in [0.2, 0.25) is 0 Å². The van der Waals surface area contributed by atoms with E-state index in [0.29, 0.717) is 44.2 Å². The molecule has 2 rings (SSSR count). The largest absolute Gasteiger partial charge is 0.396 e. The average Bonchev–Trinajstić information content (AvgIpc) is 2.45. The van der Waals surface area contributed by atoms with Crippen LogP contribution in [0.15, 0.2) is 0 Å². The lowest BCUT2D eigenvalue weighted by atomic mass is 9.88. The Labute approximate surface area is 122 Å². The summed E-state index contributed by atoms with van der Waals surface area (Å²) in [4.78, 5) is 0. The van der Waals surface area contributed by atoms with Crippen molar-refractivity contribution >= 4 is 10.0 Å². The van der Waals surface area contributed by atoms with Gasteiger partial charge in [0.15, 0.2) is 0 Å². The summed E-state index contributed by atoms with van der Waals surface area (Å²) in [5, 5.41) is 9.11. The minimum Gasteiger partial charge on any atom is -0.396 e. The zero-order chi connectivity index (χ0) is 14.6. The number of rotatable bonds is 5. The molecule has 0 amide bonds. The lowest BCUT2D eigenvalue weighted by Crippen LogP contribution is -2.41. The second kappa shape index (κ2) is 7.20. The first kappa shape index (κ1) is 16.2. The Kier molecular flexibility index (Phi) is 5.84.